The zero-order valence-electron chi connectivity index (χ0n) is 13.3. The van der Waals surface area contributed by atoms with Crippen LogP contribution >= 0.6 is 0 Å². The maximum absolute atomic E-state index is 12.6. The molecule has 1 N–H and O–H groups in total. The second kappa shape index (κ2) is 6.24. The number of pyridine rings is 1. The third-order valence-corrected chi connectivity index (χ3v) is 4.06. The molecule has 3 aromatic rings. The monoisotopic (exact) mass is 333 g/mol. The highest BCUT2D eigenvalue weighted by Crippen LogP contribution is 2.29. The van der Waals surface area contributed by atoms with Gasteiger partial charge in [0.25, 0.3) is 5.91 Å². The van der Waals surface area contributed by atoms with Crippen LogP contribution in [-0.4, -0.2) is 29.9 Å². The highest BCUT2D eigenvalue weighted by Gasteiger charge is 2.26. The van der Waals surface area contributed by atoms with Gasteiger partial charge in [-0.15, -0.1) is 0 Å². The fourth-order valence-corrected chi connectivity index (χ4v) is 2.89. The summed E-state index contributed by atoms with van der Waals surface area (Å²) in [5, 5.41) is 4.59. The summed E-state index contributed by atoms with van der Waals surface area (Å²) in [7, 11) is 0. The number of anilines is 2. The van der Waals surface area contributed by atoms with E-state index in [1.807, 2.05) is 36.4 Å². The number of nitrogens with zero attached hydrogens (tertiary/aromatic N) is 2. The quantitative estimate of drug-likeness (QED) is 0.800. The molecule has 25 heavy (non-hydrogen) atoms. The van der Waals surface area contributed by atoms with Crippen LogP contribution < -0.4 is 15.0 Å². The largest absolute Gasteiger partial charge is 0.483 e. The van der Waals surface area contributed by atoms with E-state index in [1.165, 1.54) is 4.90 Å². The first kappa shape index (κ1) is 15.1. The maximum atomic E-state index is 12.6. The van der Waals surface area contributed by atoms with Gasteiger partial charge in [0.2, 0.25) is 5.91 Å². The van der Waals surface area contributed by atoms with E-state index in [2.05, 4.69) is 10.3 Å². The van der Waals surface area contributed by atoms with Crippen molar-refractivity contribution in [3.8, 4) is 5.75 Å². The lowest BCUT2D eigenvalue weighted by Gasteiger charge is -2.29. The molecule has 1 aromatic heterocycles. The minimum Gasteiger partial charge on any atom is -0.483 e. The van der Waals surface area contributed by atoms with Crippen LogP contribution in [0.4, 0.5) is 11.4 Å². The van der Waals surface area contributed by atoms with Crippen molar-refractivity contribution in [2.45, 2.75) is 0 Å². The van der Waals surface area contributed by atoms with Crippen molar-refractivity contribution in [1.82, 2.24) is 4.98 Å². The van der Waals surface area contributed by atoms with Gasteiger partial charge in [0.15, 0.2) is 6.61 Å². The molecule has 0 bridgehead atoms. The average Bonchev–Trinajstić information content (AvgIpc) is 2.65. The molecule has 0 atom stereocenters. The predicted molar refractivity (Wildman–Crippen MR) is 94.7 cm³/mol. The summed E-state index contributed by atoms with van der Waals surface area (Å²) in [6.45, 7) is -0.165. The number of carbonyl (C=O) groups is 2. The lowest BCUT2D eigenvalue weighted by molar-refractivity contribution is -0.123. The SMILES string of the molecule is O=C1CN(C(=O)COc2cccc3cnccc23)c2ccccc2N1. The van der Waals surface area contributed by atoms with Gasteiger partial charge in [0.1, 0.15) is 12.3 Å². The molecular formula is C19H15N3O3. The summed E-state index contributed by atoms with van der Waals surface area (Å²) in [5.74, 6) is 0.125. The Morgan fingerprint density at radius 2 is 2.04 bits per heavy atom. The van der Waals surface area contributed by atoms with E-state index in [0.29, 0.717) is 17.1 Å². The normalized spacial score (nSPS) is 13.3. The van der Waals surface area contributed by atoms with E-state index in [4.69, 9.17) is 4.74 Å². The van der Waals surface area contributed by atoms with Gasteiger partial charge in [0, 0.05) is 23.2 Å². The van der Waals surface area contributed by atoms with Gasteiger partial charge in [-0.2, -0.15) is 0 Å². The number of amides is 2. The van der Waals surface area contributed by atoms with Crippen LogP contribution in [0.5, 0.6) is 5.75 Å². The maximum Gasteiger partial charge on any atom is 0.265 e. The third kappa shape index (κ3) is 2.89. The lowest BCUT2D eigenvalue weighted by Crippen LogP contribution is -2.44. The number of fused-ring (bicyclic) bond motifs is 2. The standard InChI is InChI=1S/C19H15N3O3/c23-18-11-22(16-6-2-1-5-15(16)21-18)19(24)12-25-17-7-3-4-13-10-20-9-8-14(13)17/h1-10H,11-12H2,(H,21,23). The van der Waals surface area contributed by atoms with Crippen molar-refractivity contribution < 1.29 is 14.3 Å². The zero-order valence-corrected chi connectivity index (χ0v) is 13.3. The Hall–Kier alpha value is -3.41. The lowest BCUT2D eigenvalue weighted by atomic mass is 10.1. The van der Waals surface area contributed by atoms with Crippen molar-refractivity contribution in [2.24, 2.45) is 0 Å². The molecule has 0 radical (unpaired) electrons. The Morgan fingerprint density at radius 3 is 2.96 bits per heavy atom. The Bertz CT molecular complexity index is 966. The third-order valence-electron chi connectivity index (χ3n) is 4.06. The van der Waals surface area contributed by atoms with Gasteiger partial charge in [0.05, 0.1) is 11.4 Å². The molecular weight excluding hydrogens is 318 g/mol. The Labute approximate surface area is 144 Å². The molecule has 2 amide bonds. The molecule has 6 nitrogen and oxygen atoms in total. The van der Waals surface area contributed by atoms with Crippen LogP contribution in [-0.2, 0) is 9.59 Å². The van der Waals surface area contributed by atoms with Crippen LogP contribution in [0.1, 0.15) is 0 Å². The number of nitrogens with one attached hydrogen (secondary N) is 1. The molecule has 0 spiro atoms. The van der Waals surface area contributed by atoms with Gasteiger partial charge in [-0.3, -0.25) is 19.5 Å². The smallest absolute Gasteiger partial charge is 0.265 e. The van der Waals surface area contributed by atoms with E-state index in [1.54, 1.807) is 24.5 Å². The molecule has 2 aromatic carbocycles. The highest BCUT2D eigenvalue weighted by atomic mass is 16.5. The summed E-state index contributed by atoms with van der Waals surface area (Å²) in [5.41, 5.74) is 1.31. The molecule has 0 saturated heterocycles. The fourth-order valence-electron chi connectivity index (χ4n) is 2.89. The minimum absolute atomic E-state index is 0.0152. The van der Waals surface area contributed by atoms with Gasteiger partial charge in [-0.25, -0.2) is 0 Å². The first-order chi connectivity index (χ1) is 12.2. The zero-order chi connectivity index (χ0) is 17.2. The number of carbonyl (C=O) groups excluding carboxylic acids is 2. The Morgan fingerprint density at radius 1 is 1.16 bits per heavy atom. The summed E-state index contributed by atoms with van der Waals surface area (Å²) in [6.07, 6.45) is 3.43. The second-order valence-corrected chi connectivity index (χ2v) is 5.69. The molecule has 0 saturated carbocycles. The number of hydrogen-bond donors (Lipinski definition) is 1. The highest BCUT2D eigenvalue weighted by molar-refractivity contribution is 6.10. The van der Waals surface area contributed by atoms with Crippen LogP contribution in [0.3, 0.4) is 0 Å². The fraction of sp³-hybridized carbons (Fsp3) is 0.105. The van der Waals surface area contributed by atoms with Gasteiger partial charge < -0.3 is 10.1 Å². The second-order valence-electron chi connectivity index (χ2n) is 5.69. The molecule has 0 unspecified atom stereocenters. The first-order valence-corrected chi connectivity index (χ1v) is 7.87. The van der Waals surface area contributed by atoms with Crippen molar-refractivity contribution in [3.63, 3.8) is 0 Å². The summed E-state index contributed by atoms with van der Waals surface area (Å²) in [6, 6.07) is 14.7. The van der Waals surface area contributed by atoms with Crippen LogP contribution in [0.25, 0.3) is 10.8 Å². The molecule has 0 fully saturated rings. The van der Waals surface area contributed by atoms with E-state index in [9.17, 15) is 9.59 Å². The predicted octanol–water partition coefficient (Wildman–Crippen LogP) is 2.60. The molecule has 0 aliphatic carbocycles. The van der Waals surface area contributed by atoms with Gasteiger partial charge in [-0.1, -0.05) is 24.3 Å². The molecule has 1 aliphatic heterocycles. The summed E-state index contributed by atoms with van der Waals surface area (Å²) >= 11 is 0. The average molecular weight is 333 g/mol. The van der Waals surface area contributed by atoms with Crippen LogP contribution in [0.2, 0.25) is 0 Å². The van der Waals surface area contributed by atoms with E-state index < -0.39 is 0 Å². The van der Waals surface area contributed by atoms with E-state index in [0.717, 1.165) is 10.8 Å². The summed E-state index contributed by atoms with van der Waals surface area (Å²) < 4.78 is 5.73. The Kier molecular flexibility index (Phi) is 3.78. The number of benzene rings is 2. The molecule has 4 rings (SSSR count). The van der Waals surface area contributed by atoms with E-state index >= 15 is 0 Å². The molecule has 1 aliphatic rings. The number of hydrogen-bond acceptors (Lipinski definition) is 4. The molecule has 6 heteroatoms. The van der Waals surface area contributed by atoms with Crippen molar-refractivity contribution in [2.75, 3.05) is 23.4 Å². The molecule has 124 valence electrons. The topological polar surface area (TPSA) is 71.5 Å². The number of para-hydroxylation sites is 2. The number of rotatable bonds is 3. The van der Waals surface area contributed by atoms with Crippen molar-refractivity contribution >= 4 is 34.0 Å². The van der Waals surface area contributed by atoms with Gasteiger partial charge in [-0.05, 0) is 24.3 Å². The van der Waals surface area contributed by atoms with Crippen LogP contribution in [0, 0.1) is 0 Å². The van der Waals surface area contributed by atoms with Crippen molar-refractivity contribution in [1.29, 1.82) is 0 Å². The number of ether oxygens (including phenoxy) is 1. The number of aromatic nitrogens is 1. The summed E-state index contributed by atoms with van der Waals surface area (Å²) in [4.78, 5) is 30.0. The van der Waals surface area contributed by atoms with Gasteiger partial charge >= 0.3 is 0 Å². The first-order valence-electron chi connectivity index (χ1n) is 7.87. The minimum atomic E-state index is -0.270. The Balaban J connectivity index is 1.56. The van der Waals surface area contributed by atoms with Crippen LogP contribution in [0.15, 0.2) is 60.9 Å². The van der Waals surface area contributed by atoms with E-state index in [-0.39, 0.29) is 25.0 Å². The van der Waals surface area contributed by atoms with Crippen molar-refractivity contribution in [3.05, 3.63) is 60.9 Å². The molecule has 2 heterocycles.